The number of ether oxygens (including phenoxy) is 2. The molecule has 0 aromatic heterocycles. The number of aliphatic hydroxyl groups is 1. The molecule has 0 radical (unpaired) electrons. The number of hydrogen-bond acceptors (Lipinski definition) is 3. The van der Waals surface area contributed by atoms with Crippen LogP contribution >= 0.6 is 0 Å². The number of hydrogen-bond donors (Lipinski definition) is 1. The fraction of sp³-hybridized carbons (Fsp3) is 0.571. The molecule has 94 valence electrons. The van der Waals surface area contributed by atoms with Gasteiger partial charge in [0.15, 0.2) is 0 Å². The van der Waals surface area contributed by atoms with Gasteiger partial charge in [-0.05, 0) is 43.2 Å². The van der Waals surface area contributed by atoms with Gasteiger partial charge in [0.1, 0.15) is 11.5 Å². The topological polar surface area (TPSA) is 38.7 Å². The average molecular weight is 236 g/mol. The molecule has 0 amide bonds. The number of rotatable bonds is 2. The maximum absolute atomic E-state index is 7.00. The summed E-state index contributed by atoms with van der Waals surface area (Å²) in [5, 5.41) is 7.00. The molecule has 2 unspecified atom stereocenters. The van der Waals surface area contributed by atoms with Crippen molar-refractivity contribution in [3.05, 3.63) is 23.3 Å². The summed E-state index contributed by atoms with van der Waals surface area (Å²) in [5.41, 5.74) is 2.85. The van der Waals surface area contributed by atoms with E-state index in [9.17, 15) is 0 Å². The lowest BCUT2D eigenvalue weighted by Gasteiger charge is -2.20. The fourth-order valence-electron chi connectivity index (χ4n) is 3.30. The SMILES string of the molecule is CO.COc1ccc(OC)c2c1C1CCC2C1. The van der Waals surface area contributed by atoms with Crippen molar-refractivity contribution in [1.29, 1.82) is 0 Å². The summed E-state index contributed by atoms with van der Waals surface area (Å²) < 4.78 is 10.9. The Morgan fingerprint density at radius 2 is 1.35 bits per heavy atom. The van der Waals surface area contributed by atoms with Crippen LogP contribution in [0.2, 0.25) is 0 Å². The molecule has 2 atom stereocenters. The van der Waals surface area contributed by atoms with Gasteiger partial charge < -0.3 is 14.6 Å². The van der Waals surface area contributed by atoms with Crippen LogP contribution in [0.3, 0.4) is 0 Å². The largest absolute Gasteiger partial charge is 0.496 e. The Morgan fingerprint density at radius 3 is 1.71 bits per heavy atom. The maximum Gasteiger partial charge on any atom is 0.122 e. The molecular weight excluding hydrogens is 216 g/mol. The van der Waals surface area contributed by atoms with E-state index < -0.39 is 0 Å². The summed E-state index contributed by atoms with van der Waals surface area (Å²) in [6, 6.07) is 4.08. The molecular formula is C14H20O3. The Balaban J connectivity index is 0.000000514. The van der Waals surface area contributed by atoms with E-state index in [-0.39, 0.29) is 0 Å². The monoisotopic (exact) mass is 236 g/mol. The van der Waals surface area contributed by atoms with Crippen LogP contribution in [-0.2, 0) is 0 Å². The summed E-state index contributed by atoms with van der Waals surface area (Å²) in [7, 11) is 4.52. The van der Waals surface area contributed by atoms with Gasteiger partial charge >= 0.3 is 0 Å². The minimum atomic E-state index is 0.718. The smallest absolute Gasteiger partial charge is 0.122 e. The number of aliphatic hydroxyl groups excluding tert-OH is 1. The second kappa shape index (κ2) is 4.96. The Morgan fingerprint density at radius 1 is 0.941 bits per heavy atom. The summed E-state index contributed by atoms with van der Waals surface area (Å²) >= 11 is 0. The van der Waals surface area contributed by atoms with E-state index in [1.54, 1.807) is 14.2 Å². The van der Waals surface area contributed by atoms with Crippen LogP contribution in [0.25, 0.3) is 0 Å². The molecule has 17 heavy (non-hydrogen) atoms. The molecule has 1 fully saturated rings. The molecule has 2 aliphatic rings. The van der Waals surface area contributed by atoms with Crippen molar-refractivity contribution >= 4 is 0 Å². The normalized spacial score (nSPS) is 23.8. The molecule has 1 aromatic carbocycles. The van der Waals surface area contributed by atoms with Crippen LogP contribution < -0.4 is 9.47 Å². The maximum atomic E-state index is 7.00. The van der Waals surface area contributed by atoms with E-state index in [4.69, 9.17) is 14.6 Å². The van der Waals surface area contributed by atoms with Crippen molar-refractivity contribution in [1.82, 2.24) is 0 Å². The molecule has 1 aromatic rings. The minimum absolute atomic E-state index is 0.718. The number of methoxy groups -OCH3 is 2. The highest BCUT2D eigenvalue weighted by Crippen LogP contribution is 2.58. The first-order valence-electron chi connectivity index (χ1n) is 6.04. The molecule has 3 heteroatoms. The van der Waals surface area contributed by atoms with Crippen LogP contribution in [0, 0.1) is 0 Å². The van der Waals surface area contributed by atoms with Crippen LogP contribution in [-0.4, -0.2) is 26.4 Å². The Hall–Kier alpha value is -1.22. The Kier molecular flexibility index (Phi) is 3.57. The lowest BCUT2D eigenvalue weighted by Crippen LogP contribution is -2.03. The van der Waals surface area contributed by atoms with E-state index in [2.05, 4.69) is 0 Å². The summed E-state index contributed by atoms with van der Waals surface area (Å²) in [6.07, 6.45) is 3.94. The van der Waals surface area contributed by atoms with Crippen LogP contribution in [0.1, 0.15) is 42.2 Å². The standard InChI is InChI=1S/C13H16O2.CH4O/c1-14-10-5-6-11(15-2)13-9-4-3-8(7-9)12(10)13;1-2/h5-6,8-9H,3-4,7H2,1-2H3;2H,1H3. The van der Waals surface area contributed by atoms with Crippen LogP contribution in [0.15, 0.2) is 12.1 Å². The average Bonchev–Trinajstić information content (AvgIpc) is 3.01. The Labute approximate surface area is 102 Å². The zero-order valence-corrected chi connectivity index (χ0v) is 10.7. The van der Waals surface area contributed by atoms with Gasteiger partial charge in [-0.15, -0.1) is 0 Å². The Bertz CT molecular complexity index is 364. The second-order valence-corrected chi connectivity index (χ2v) is 4.50. The molecule has 0 spiro atoms. The molecule has 2 bridgehead atoms. The van der Waals surface area contributed by atoms with Gasteiger partial charge in [0, 0.05) is 18.2 Å². The molecule has 1 saturated carbocycles. The third kappa shape index (κ3) is 1.78. The first kappa shape index (κ1) is 12.2. The van der Waals surface area contributed by atoms with Gasteiger partial charge in [0.05, 0.1) is 14.2 Å². The predicted octanol–water partition coefficient (Wildman–Crippen LogP) is 2.68. The number of benzene rings is 1. The summed E-state index contributed by atoms with van der Waals surface area (Å²) in [4.78, 5) is 0. The van der Waals surface area contributed by atoms with Gasteiger partial charge in [0.25, 0.3) is 0 Å². The molecule has 0 heterocycles. The highest BCUT2D eigenvalue weighted by Gasteiger charge is 2.40. The molecule has 3 rings (SSSR count). The van der Waals surface area contributed by atoms with Gasteiger partial charge in [-0.3, -0.25) is 0 Å². The van der Waals surface area contributed by atoms with E-state index >= 15 is 0 Å². The zero-order valence-electron chi connectivity index (χ0n) is 10.7. The van der Waals surface area contributed by atoms with Gasteiger partial charge in [0.2, 0.25) is 0 Å². The van der Waals surface area contributed by atoms with E-state index in [1.165, 1.54) is 30.4 Å². The van der Waals surface area contributed by atoms with Gasteiger partial charge in [-0.25, -0.2) is 0 Å². The minimum Gasteiger partial charge on any atom is -0.496 e. The van der Waals surface area contributed by atoms with Crippen molar-refractivity contribution in [2.24, 2.45) is 0 Å². The van der Waals surface area contributed by atoms with E-state index in [0.29, 0.717) is 0 Å². The third-order valence-electron chi connectivity index (χ3n) is 3.90. The van der Waals surface area contributed by atoms with Gasteiger partial charge in [-0.2, -0.15) is 0 Å². The van der Waals surface area contributed by atoms with Crippen LogP contribution in [0.4, 0.5) is 0 Å². The lowest BCUT2D eigenvalue weighted by molar-refractivity contribution is 0.391. The van der Waals surface area contributed by atoms with Gasteiger partial charge in [-0.1, -0.05) is 0 Å². The van der Waals surface area contributed by atoms with Crippen molar-refractivity contribution < 1.29 is 14.6 Å². The van der Waals surface area contributed by atoms with Crippen LogP contribution in [0.5, 0.6) is 11.5 Å². The molecule has 0 aliphatic heterocycles. The summed E-state index contributed by atoms with van der Waals surface area (Å²) in [6.45, 7) is 0. The van der Waals surface area contributed by atoms with Crippen molar-refractivity contribution in [2.75, 3.05) is 21.3 Å². The van der Waals surface area contributed by atoms with Crippen molar-refractivity contribution in [3.63, 3.8) is 0 Å². The third-order valence-corrected chi connectivity index (χ3v) is 3.90. The van der Waals surface area contributed by atoms with E-state index in [1.807, 2.05) is 12.1 Å². The summed E-state index contributed by atoms with van der Waals surface area (Å²) in [5.74, 6) is 3.54. The molecule has 3 nitrogen and oxygen atoms in total. The first-order valence-corrected chi connectivity index (χ1v) is 6.04. The zero-order chi connectivity index (χ0) is 12.4. The lowest BCUT2D eigenvalue weighted by atomic mass is 9.90. The highest BCUT2D eigenvalue weighted by atomic mass is 16.5. The molecule has 1 N–H and O–H groups in total. The predicted molar refractivity (Wildman–Crippen MR) is 67.0 cm³/mol. The fourth-order valence-corrected chi connectivity index (χ4v) is 3.30. The molecule has 2 aliphatic carbocycles. The molecule has 0 saturated heterocycles. The first-order chi connectivity index (χ1) is 8.35. The quantitative estimate of drug-likeness (QED) is 0.858. The van der Waals surface area contributed by atoms with Crippen molar-refractivity contribution in [2.45, 2.75) is 31.1 Å². The highest BCUT2D eigenvalue weighted by molar-refractivity contribution is 5.56. The van der Waals surface area contributed by atoms with E-state index in [0.717, 1.165) is 30.4 Å². The second-order valence-electron chi connectivity index (χ2n) is 4.50. The van der Waals surface area contributed by atoms with Crippen molar-refractivity contribution in [3.8, 4) is 11.5 Å². The number of fused-ring (bicyclic) bond motifs is 5.